The molecule has 1 amide bonds. The minimum atomic E-state index is -0.111. The van der Waals surface area contributed by atoms with Crippen LogP contribution in [0.2, 0.25) is 0 Å². The summed E-state index contributed by atoms with van der Waals surface area (Å²) in [5.74, 6) is 0.811. The fourth-order valence-corrected chi connectivity index (χ4v) is 3.16. The van der Waals surface area contributed by atoms with Crippen LogP contribution in [0.4, 0.5) is 17.1 Å². The molecule has 0 unspecified atom stereocenters. The molecule has 0 aromatic heterocycles. The number of hydrogen-bond acceptors (Lipinski definition) is 4. The van der Waals surface area contributed by atoms with Crippen molar-refractivity contribution in [2.45, 2.75) is 11.8 Å². The summed E-state index contributed by atoms with van der Waals surface area (Å²) >= 11 is 1.66. The molecule has 3 aromatic carbocycles. The highest BCUT2D eigenvalue weighted by Crippen LogP contribution is 2.24. The van der Waals surface area contributed by atoms with Gasteiger partial charge in [-0.1, -0.05) is 37.3 Å². The lowest BCUT2D eigenvalue weighted by Gasteiger charge is -2.09. The molecule has 1 N–H and O–H groups in total. The molecule has 4 nitrogen and oxygen atoms in total. The highest BCUT2D eigenvalue weighted by molar-refractivity contribution is 7.99. The number of benzene rings is 3. The fraction of sp³-hybridized carbons (Fsp3) is 0.0952. The van der Waals surface area contributed by atoms with E-state index >= 15 is 0 Å². The molecule has 0 saturated heterocycles. The summed E-state index contributed by atoms with van der Waals surface area (Å²) in [7, 11) is 0. The third-order valence-electron chi connectivity index (χ3n) is 3.59. The third kappa shape index (κ3) is 4.80. The van der Waals surface area contributed by atoms with Crippen LogP contribution in [-0.2, 0) is 0 Å². The predicted molar refractivity (Wildman–Crippen MR) is 108 cm³/mol. The first kappa shape index (κ1) is 17.9. The first-order valence-corrected chi connectivity index (χ1v) is 9.35. The van der Waals surface area contributed by atoms with Crippen molar-refractivity contribution in [1.29, 1.82) is 0 Å². The zero-order valence-electron chi connectivity index (χ0n) is 14.4. The highest BCUT2D eigenvalue weighted by atomic mass is 32.2. The molecule has 0 radical (unpaired) electrons. The fourth-order valence-electron chi connectivity index (χ4n) is 2.36. The number of carbonyl (C=O) groups excluding carboxylic acids is 1. The van der Waals surface area contributed by atoms with Gasteiger partial charge in [-0.25, -0.2) is 0 Å². The van der Waals surface area contributed by atoms with Crippen LogP contribution in [0.5, 0.6) is 0 Å². The molecule has 3 rings (SSSR count). The Balaban J connectivity index is 1.68. The van der Waals surface area contributed by atoms with Crippen LogP contribution in [0, 0.1) is 0 Å². The number of thioether (sulfide) groups is 1. The van der Waals surface area contributed by atoms with Crippen molar-refractivity contribution < 1.29 is 4.79 Å². The first-order chi connectivity index (χ1) is 12.8. The van der Waals surface area contributed by atoms with Crippen LogP contribution in [0.1, 0.15) is 17.3 Å². The van der Waals surface area contributed by atoms with E-state index in [1.54, 1.807) is 11.8 Å². The van der Waals surface area contributed by atoms with Crippen molar-refractivity contribution in [3.63, 3.8) is 0 Å². The Morgan fingerprint density at radius 2 is 1.46 bits per heavy atom. The second kappa shape index (κ2) is 8.97. The second-order valence-corrected chi connectivity index (χ2v) is 6.77. The van der Waals surface area contributed by atoms with Gasteiger partial charge in [-0.05, 0) is 54.3 Å². The van der Waals surface area contributed by atoms with Crippen molar-refractivity contribution in [2.24, 2.45) is 10.2 Å². The van der Waals surface area contributed by atoms with Crippen LogP contribution < -0.4 is 5.32 Å². The molecule has 0 aliphatic rings. The topological polar surface area (TPSA) is 53.8 Å². The summed E-state index contributed by atoms with van der Waals surface area (Å²) < 4.78 is 0. The second-order valence-electron chi connectivity index (χ2n) is 5.47. The van der Waals surface area contributed by atoms with E-state index in [0.717, 1.165) is 27.7 Å². The highest BCUT2D eigenvalue weighted by Gasteiger charge is 2.11. The molecule has 0 spiro atoms. The van der Waals surface area contributed by atoms with Gasteiger partial charge in [-0.15, -0.1) is 11.8 Å². The number of carbonyl (C=O) groups is 1. The number of rotatable bonds is 6. The van der Waals surface area contributed by atoms with E-state index in [1.807, 2.05) is 78.9 Å². The minimum absolute atomic E-state index is 0.111. The zero-order chi connectivity index (χ0) is 18.2. The lowest BCUT2D eigenvalue weighted by atomic mass is 10.2. The smallest absolute Gasteiger partial charge is 0.256 e. The van der Waals surface area contributed by atoms with Gasteiger partial charge >= 0.3 is 0 Å². The maximum Gasteiger partial charge on any atom is 0.256 e. The average molecular weight is 361 g/mol. The number of hydrogen-bond donors (Lipinski definition) is 1. The molecule has 3 aromatic rings. The van der Waals surface area contributed by atoms with E-state index in [2.05, 4.69) is 22.5 Å². The van der Waals surface area contributed by atoms with Crippen molar-refractivity contribution in [3.05, 3.63) is 84.4 Å². The number of nitrogens with one attached hydrogen (secondary N) is 1. The van der Waals surface area contributed by atoms with E-state index < -0.39 is 0 Å². The van der Waals surface area contributed by atoms with E-state index in [0.29, 0.717) is 5.56 Å². The summed E-state index contributed by atoms with van der Waals surface area (Å²) in [5.41, 5.74) is 2.95. The van der Waals surface area contributed by atoms with E-state index in [-0.39, 0.29) is 5.91 Å². The average Bonchev–Trinajstić information content (AvgIpc) is 2.69. The predicted octanol–water partition coefficient (Wildman–Crippen LogP) is 6.47. The molecule has 130 valence electrons. The van der Waals surface area contributed by atoms with Crippen molar-refractivity contribution >= 4 is 34.7 Å². The van der Waals surface area contributed by atoms with Gasteiger partial charge < -0.3 is 5.32 Å². The normalized spacial score (nSPS) is 10.8. The molecule has 0 fully saturated rings. The largest absolute Gasteiger partial charge is 0.322 e. The maximum atomic E-state index is 12.5. The SMILES string of the molecule is CCSc1ccccc1C(=O)Nc1ccc(N=Nc2ccccc2)cc1. The van der Waals surface area contributed by atoms with Gasteiger partial charge in [0.2, 0.25) is 0 Å². The Labute approximate surface area is 157 Å². The van der Waals surface area contributed by atoms with Crippen molar-refractivity contribution in [1.82, 2.24) is 0 Å². The standard InChI is InChI=1S/C21H19N3OS/c1-2-26-20-11-7-6-10-19(20)21(25)22-16-12-14-18(15-13-16)24-23-17-8-4-3-5-9-17/h3-15H,2H2,1H3,(H,22,25). The molecule has 0 aliphatic carbocycles. The summed E-state index contributed by atoms with van der Waals surface area (Å²) in [6.45, 7) is 2.07. The molecular weight excluding hydrogens is 342 g/mol. The Morgan fingerprint density at radius 3 is 2.15 bits per heavy atom. The lowest BCUT2D eigenvalue weighted by Crippen LogP contribution is -2.12. The summed E-state index contributed by atoms with van der Waals surface area (Å²) in [4.78, 5) is 13.5. The van der Waals surface area contributed by atoms with Gasteiger partial charge in [0, 0.05) is 10.6 Å². The number of amides is 1. The molecular formula is C21H19N3OS. The third-order valence-corrected chi connectivity index (χ3v) is 4.55. The van der Waals surface area contributed by atoms with Gasteiger partial charge in [0.1, 0.15) is 0 Å². The minimum Gasteiger partial charge on any atom is -0.322 e. The Bertz CT molecular complexity index is 893. The quantitative estimate of drug-likeness (QED) is 0.404. The molecule has 0 aliphatic heterocycles. The van der Waals surface area contributed by atoms with Gasteiger partial charge in [-0.3, -0.25) is 4.79 Å². The van der Waals surface area contributed by atoms with Gasteiger partial charge in [0.25, 0.3) is 5.91 Å². The van der Waals surface area contributed by atoms with Gasteiger partial charge in [0.15, 0.2) is 0 Å². The molecule has 0 bridgehead atoms. The first-order valence-electron chi connectivity index (χ1n) is 8.36. The number of azo groups is 1. The van der Waals surface area contributed by atoms with Crippen LogP contribution >= 0.6 is 11.8 Å². The molecule has 5 heteroatoms. The van der Waals surface area contributed by atoms with Crippen LogP contribution in [-0.4, -0.2) is 11.7 Å². The van der Waals surface area contributed by atoms with Crippen molar-refractivity contribution in [3.8, 4) is 0 Å². The van der Waals surface area contributed by atoms with Crippen LogP contribution in [0.15, 0.2) is 94.0 Å². The van der Waals surface area contributed by atoms with Crippen LogP contribution in [0.3, 0.4) is 0 Å². The van der Waals surface area contributed by atoms with Crippen molar-refractivity contribution in [2.75, 3.05) is 11.1 Å². The number of anilines is 1. The molecule has 26 heavy (non-hydrogen) atoms. The van der Waals surface area contributed by atoms with E-state index in [9.17, 15) is 4.79 Å². The summed E-state index contributed by atoms with van der Waals surface area (Å²) in [6.07, 6.45) is 0. The number of nitrogens with zero attached hydrogens (tertiary/aromatic N) is 2. The van der Waals surface area contributed by atoms with Gasteiger partial charge in [0.05, 0.1) is 16.9 Å². The maximum absolute atomic E-state index is 12.5. The lowest BCUT2D eigenvalue weighted by molar-refractivity contribution is 0.102. The van der Waals surface area contributed by atoms with Crippen LogP contribution in [0.25, 0.3) is 0 Å². The monoisotopic (exact) mass is 361 g/mol. The molecule has 0 saturated carbocycles. The molecule has 0 heterocycles. The Hall–Kier alpha value is -2.92. The zero-order valence-corrected chi connectivity index (χ0v) is 15.2. The van der Waals surface area contributed by atoms with Gasteiger partial charge in [-0.2, -0.15) is 10.2 Å². The van der Waals surface area contributed by atoms with E-state index in [4.69, 9.17) is 0 Å². The van der Waals surface area contributed by atoms with E-state index in [1.165, 1.54) is 0 Å². The Kier molecular flexibility index (Phi) is 6.17. The summed E-state index contributed by atoms with van der Waals surface area (Å²) in [5, 5.41) is 11.3. The molecule has 0 atom stereocenters. The Morgan fingerprint density at radius 1 is 0.846 bits per heavy atom. The summed E-state index contributed by atoms with van der Waals surface area (Å²) in [6, 6.07) is 24.5.